The van der Waals surface area contributed by atoms with E-state index in [0.717, 1.165) is 26.6 Å². The molecule has 0 aliphatic rings. The van der Waals surface area contributed by atoms with Gasteiger partial charge in [0.1, 0.15) is 16.7 Å². The zero-order chi connectivity index (χ0) is 35.6. The SMILES string of the molecule is COc1ccc(/C=C(/NC(=O)c2ccccc2)C(=O)Nc2cccc(SC(C(=O)Nc3nc(-c4ccccc4)c(C)s3)c3ccccc3)c2)cc1. The maximum Gasteiger partial charge on any atom is 0.272 e. The molecule has 1 aromatic heterocycles. The van der Waals surface area contributed by atoms with Gasteiger partial charge >= 0.3 is 0 Å². The highest BCUT2D eigenvalue weighted by molar-refractivity contribution is 8.00. The first-order chi connectivity index (χ1) is 24.9. The van der Waals surface area contributed by atoms with E-state index in [0.29, 0.717) is 27.7 Å². The van der Waals surface area contributed by atoms with Crippen molar-refractivity contribution in [1.29, 1.82) is 0 Å². The standard InChI is InChI=1S/C41H34N4O4S2/c1-27-36(29-13-6-3-7-14-29)44-41(50-27)45-40(48)37(30-15-8-4-9-16-30)51-34-20-12-19-32(26-34)42-39(47)35(25-28-21-23-33(49-2)24-22-28)43-38(46)31-17-10-5-11-18-31/h3-26,37H,1-2H3,(H,42,47)(H,43,46)(H,44,45,48)/b35-25+. The summed E-state index contributed by atoms with van der Waals surface area (Å²) in [4.78, 5) is 47.2. The third-order valence-corrected chi connectivity index (χ3v) is 9.85. The van der Waals surface area contributed by atoms with Crippen LogP contribution in [-0.2, 0) is 9.59 Å². The molecule has 1 heterocycles. The van der Waals surface area contributed by atoms with Gasteiger partial charge in [-0.2, -0.15) is 0 Å². The highest BCUT2D eigenvalue weighted by atomic mass is 32.2. The average molecular weight is 711 g/mol. The number of rotatable bonds is 12. The lowest BCUT2D eigenvalue weighted by atomic mass is 10.1. The Morgan fingerprint density at radius 3 is 2.14 bits per heavy atom. The van der Waals surface area contributed by atoms with E-state index in [1.807, 2.05) is 85.8 Å². The second-order valence-corrected chi connectivity index (χ2v) is 13.7. The summed E-state index contributed by atoms with van der Waals surface area (Å²) in [5.41, 5.74) is 4.31. The number of aryl methyl sites for hydroxylation is 1. The number of thioether (sulfide) groups is 1. The van der Waals surface area contributed by atoms with E-state index in [2.05, 4.69) is 16.0 Å². The van der Waals surface area contributed by atoms with Crippen molar-refractivity contribution in [3.63, 3.8) is 0 Å². The first-order valence-electron chi connectivity index (χ1n) is 16.0. The average Bonchev–Trinajstić information content (AvgIpc) is 3.54. The predicted molar refractivity (Wildman–Crippen MR) is 206 cm³/mol. The minimum Gasteiger partial charge on any atom is -0.497 e. The summed E-state index contributed by atoms with van der Waals surface area (Å²) >= 11 is 2.79. The number of hydrogen-bond donors (Lipinski definition) is 3. The van der Waals surface area contributed by atoms with E-state index in [9.17, 15) is 14.4 Å². The number of ether oxygens (including phenoxy) is 1. The quantitative estimate of drug-likeness (QED) is 0.0864. The molecule has 5 aromatic carbocycles. The Bertz CT molecular complexity index is 2150. The monoisotopic (exact) mass is 710 g/mol. The lowest BCUT2D eigenvalue weighted by molar-refractivity contribution is -0.116. The largest absolute Gasteiger partial charge is 0.497 e. The summed E-state index contributed by atoms with van der Waals surface area (Å²) in [5.74, 6) is -0.481. The second kappa shape index (κ2) is 16.6. The molecule has 0 aliphatic heterocycles. The Morgan fingerprint density at radius 2 is 1.45 bits per heavy atom. The number of methoxy groups -OCH3 is 1. The Balaban J connectivity index is 1.22. The van der Waals surface area contributed by atoms with Gasteiger partial charge in [0.15, 0.2) is 5.13 Å². The van der Waals surface area contributed by atoms with Crippen molar-refractivity contribution in [1.82, 2.24) is 10.3 Å². The molecule has 0 radical (unpaired) electrons. The van der Waals surface area contributed by atoms with E-state index >= 15 is 0 Å². The van der Waals surface area contributed by atoms with Crippen molar-refractivity contribution in [2.75, 3.05) is 17.7 Å². The van der Waals surface area contributed by atoms with Crippen molar-refractivity contribution in [3.8, 4) is 17.0 Å². The third-order valence-electron chi connectivity index (χ3n) is 7.72. The van der Waals surface area contributed by atoms with Gasteiger partial charge in [0, 0.05) is 26.6 Å². The van der Waals surface area contributed by atoms with Crippen LogP contribution in [-0.4, -0.2) is 29.8 Å². The van der Waals surface area contributed by atoms with Gasteiger partial charge in [-0.15, -0.1) is 23.1 Å². The number of carbonyl (C=O) groups is 3. The molecule has 0 bridgehead atoms. The Labute approximate surface area is 304 Å². The Kier molecular flexibility index (Phi) is 11.4. The molecule has 0 aliphatic carbocycles. The zero-order valence-corrected chi connectivity index (χ0v) is 29.5. The molecular weight excluding hydrogens is 677 g/mol. The Morgan fingerprint density at radius 1 is 0.784 bits per heavy atom. The van der Waals surface area contributed by atoms with Gasteiger partial charge in [-0.1, -0.05) is 97.1 Å². The summed E-state index contributed by atoms with van der Waals surface area (Å²) in [6, 6.07) is 42.5. The minimum atomic E-state index is -0.614. The number of aromatic nitrogens is 1. The summed E-state index contributed by atoms with van der Waals surface area (Å²) in [5, 5.41) is 8.63. The number of nitrogens with one attached hydrogen (secondary N) is 3. The fourth-order valence-electron chi connectivity index (χ4n) is 5.18. The van der Waals surface area contributed by atoms with Gasteiger partial charge < -0.3 is 20.7 Å². The number of anilines is 2. The molecule has 0 saturated carbocycles. The smallest absolute Gasteiger partial charge is 0.272 e. The van der Waals surface area contributed by atoms with E-state index in [1.54, 1.807) is 73.8 Å². The molecule has 1 unspecified atom stereocenters. The highest BCUT2D eigenvalue weighted by Gasteiger charge is 2.24. The molecule has 6 aromatic rings. The van der Waals surface area contributed by atoms with Gasteiger partial charge in [0.05, 0.1) is 12.8 Å². The van der Waals surface area contributed by atoms with Crippen LogP contribution < -0.4 is 20.7 Å². The van der Waals surface area contributed by atoms with Crippen molar-refractivity contribution in [2.24, 2.45) is 0 Å². The van der Waals surface area contributed by atoms with E-state index < -0.39 is 17.1 Å². The molecule has 3 amide bonds. The van der Waals surface area contributed by atoms with Crippen LogP contribution in [0.5, 0.6) is 5.75 Å². The van der Waals surface area contributed by atoms with Crippen molar-refractivity contribution < 1.29 is 19.1 Å². The normalized spacial score (nSPS) is 11.7. The second-order valence-electron chi connectivity index (χ2n) is 11.3. The molecule has 0 fully saturated rings. The van der Waals surface area contributed by atoms with Crippen LogP contribution in [0.25, 0.3) is 17.3 Å². The predicted octanol–water partition coefficient (Wildman–Crippen LogP) is 9.01. The molecule has 0 saturated heterocycles. The topological polar surface area (TPSA) is 109 Å². The summed E-state index contributed by atoms with van der Waals surface area (Å²) in [6.45, 7) is 1.99. The number of nitrogens with zero attached hydrogens (tertiary/aromatic N) is 1. The lowest BCUT2D eigenvalue weighted by Crippen LogP contribution is -2.30. The number of amides is 3. The molecule has 1 atom stereocenters. The molecule has 254 valence electrons. The van der Waals surface area contributed by atoms with Crippen LogP contribution in [0.3, 0.4) is 0 Å². The van der Waals surface area contributed by atoms with Gasteiger partial charge in [0.2, 0.25) is 5.91 Å². The van der Waals surface area contributed by atoms with E-state index in [4.69, 9.17) is 9.72 Å². The zero-order valence-electron chi connectivity index (χ0n) is 27.8. The van der Waals surface area contributed by atoms with E-state index in [1.165, 1.54) is 23.1 Å². The lowest BCUT2D eigenvalue weighted by Gasteiger charge is -2.17. The van der Waals surface area contributed by atoms with Crippen LogP contribution in [0.2, 0.25) is 0 Å². The van der Waals surface area contributed by atoms with Crippen LogP contribution in [0.15, 0.2) is 150 Å². The van der Waals surface area contributed by atoms with Gasteiger partial charge in [0.25, 0.3) is 11.8 Å². The van der Waals surface area contributed by atoms with Gasteiger partial charge in [-0.05, 0) is 66.6 Å². The van der Waals surface area contributed by atoms with Crippen LogP contribution in [0.4, 0.5) is 10.8 Å². The van der Waals surface area contributed by atoms with Crippen molar-refractivity contribution in [2.45, 2.75) is 17.1 Å². The summed E-state index contributed by atoms with van der Waals surface area (Å²) < 4.78 is 5.26. The minimum absolute atomic E-state index is 0.0576. The molecule has 3 N–H and O–H groups in total. The van der Waals surface area contributed by atoms with Crippen LogP contribution in [0, 0.1) is 6.92 Å². The highest BCUT2D eigenvalue weighted by Crippen LogP contribution is 2.38. The summed E-state index contributed by atoms with van der Waals surface area (Å²) in [6.07, 6.45) is 1.60. The summed E-state index contributed by atoms with van der Waals surface area (Å²) in [7, 11) is 1.58. The fourth-order valence-corrected chi connectivity index (χ4v) is 7.10. The molecule has 8 nitrogen and oxygen atoms in total. The molecule has 6 rings (SSSR count). The number of benzene rings is 5. The maximum absolute atomic E-state index is 13.9. The third kappa shape index (κ3) is 9.18. The molecule has 51 heavy (non-hydrogen) atoms. The van der Waals surface area contributed by atoms with Crippen molar-refractivity contribution >= 4 is 57.7 Å². The number of carbonyl (C=O) groups excluding carboxylic acids is 3. The maximum atomic E-state index is 13.9. The van der Waals surface area contributed by atoms with Crippen LogP contribution >= 0.6 is 23.1 Å². The molecule has 0 spiro atoms. The number of hydrogen-bond acceptors (Lipinski definition) is 7. The van der Waals surface area contributed by atoms with Crippen molar-refractivity contribution in [3.05, 3.63) is 167 Å². The van der Waals surface area contributed by atoms with Gasteiger partial charge in [-0.25, -0.2) is 4.98 Å². The Hall–Kier alpha value is -5.97. The molecular formula is C41H34N4O4S2. The first-order valence-corrected chi connectivity index (χ1v) is 17.7. The number of thiazole rings is 1. The fraction of sp³-hybridized carbons (Fsp3) is 0.0732. The van der Waals surface area contributed by atoms with E-state index in [-0.39, 0.29) is 11.6 Å². The molecule has 10 heteroatoms. The first kappa shape index (κ1) is 34.9. The van der Waals surface area contributed by atoms with Crippen LogP contribution in [0.1, 0.15) is 31.6 Å². The van der Waals surface area contributed by atoms with Gasteiger partial charge in [-0.3, -0.25) is 14.4 Å².